The maximum Gasteiger partial charge on any atom is 0.270 e. The summed E-state index contributed by atoms with van der Waals surface area (Å²) in [5.41, 5.74) is 3.70. The van der Waals surface area contributed by atoms with Gasteiger partial charge in [0.2, 0.25) is 0 Å². The van der Waals surface area contributed by atoms with Crippen molar-refractivity contribution >= 4 is 5.91 Å². The Balaban J connectivity index is 2.21. The second kappa shape index (κ2) is 5.48. The molecule has 0 radical (unpaired) electrons. The van der Waals surface area contributed by atoms with E-state index in [0.29, 0.717) is 5.69 Å². The van der Waals surface area contributed by atoms with Gasteiger partial charge in [0.1, 0.15) is 5.69 Å². The molecule has 2 heterocycles. The summed E-state index contributed by atoms with van der Waals surface area (Å²) in [5, 5.41) is 7.49. The first-order valence-electron chi connectivity index (χ1n) is 6.76. The molecule has 1 atom stereocenters. The maximum absolute atomic E-state index is 12.2. The third kappa shape index (κ3) is 2.45. The largest absolute Gasteiger partial charge is 0.344 e. The molecule has 0 unspecified atom stereocenters. The minimum Gasteiger partial charge on any atom is -0.344 e. The van der Waals surface area contributed by atoms with E-state index in [2.05, 4.69) is 22.3 Å². The van der Waals surface area contributed by atoms with Gasteiger partial charge in [-0.25, -0.2) is 4.98 Å². The molecule has 6 heteroatoms. The number of nitrogens with one attached hydrogen (secondary N) is 1. The quantitative estimate of drug-likeness (QED) is 0.924. The average molecular weight is 275 g/mol. The first-order valence-corrected chi connectivity index (χ1v) is 6.76. The van der Waals surface area contributed by atoms with Gasteiger partial charge in [-0.05, 0) is 27.7 Å². The van der Waals surface area contributed by atoms with Crippen LogP contribution >= 0.6 is 0 Å². The molecular formula is C14H21N5O. The molecule has 2 rings (SSSR count). The average Bonchev–Trinajstić information content (AvgIpc) is 2.93. The summed E-state index contributed by atoms with van der Waals surface area (Å²) in [6.07, 6.45) is 3.18. The van der Waals surface area contributed by atoms with Crippen LogP contribution in [0.15, 0.2) is 12.5 Å². The van der Waals surface area contributed by atoms with Gasteiger partial charge in [0.15, 0.2) is 0 Å². The van der Waals surface area contributed by atoms with Gasteiger partial charge in [-0.1, -0.05) is 0 Å². The molecule has 108 valence electrons. The molecule has 2 aromatic rings. The fourth-order valence-corrected chi connectivity index (χ4v) is 2.56. The second-order valence-corrected chi connectivity index (χ2v) is 4.99. The number of rotatable bonds is 4. The van der Waals surface area contributed by atoms with Crippen LogP contribution in [0.2, 0.25) is 0 Å². The van der Waals surface area contributed by atoms with Gasteiger partial charge in [0.05, 0.1) is 24.3 Å². The lowest BCUT2D eigenvalue weighted by Crippen LogP contribution is -2.28. The van der Waals surface area contributed by atoms with Gasteiger partial charge >= 0.3 is 0 Å². The van der Waals surface area contributed by atoms with E-state index in [1.54, 1.807) is 24.1 Å². The van der Waals surface area contributed by atoms with Gasteiger partial charge in [0.25, 0.3) is 5.91 Å². The van der Waals surface area contributed by atoms with E-state index >= 15 is 0 Å². The van der Waals surface area contributed by atoms with E-state index in [4.69, 9.17) is 0 Å². The first-order chi connectivity index (χ1) is 9.45. The van der Waals surface area contributed by atoms with Crippen molar-refractivity contribution in [2.24, 2.45) is 7.05 Å². The summed E-state index contributed by atoms with van der Waals surface area (Å²) >= 11 is 0. The van der Waals surface area contributed by atoms with E-state index in [1.807, 2.05) is 25.5 Å². The van der Waals surface area contributed by atoms with E-state index in [-0.39, 0.29) is 11.9 Å². The zero-order valence-electron chi connectivity index (χ0n) is 12.6. The fraction of sp³-hybridized carbons (Fsp3) is 0.500. The Hall–Kier alpha value is -2.11. The second-order valence-electron chi connectivity index (χ2n) is 4.99. The minimum atomic E-state index is -0.124. The number of carbonyl (C=O) groups excluding carboxylic acids is 1. The van der Waals surface area contributed by atoms with Crippen LogP contribution in [0.5, 0.6) is 0 Å². The predicted octanol–water partition coefficient (Wildman–Crippen LogP) is 1.74. The SMILES string of the molecule is CCn1nc(C)c([C@H](C)NC(=O)c2cncn2C)c1C. The molecule has 0 aliphatic carbocycles. The van der Waals surface area contributed by atoms with Crippen molar-refractivity contribution in [3.63, 3.8) is 0 Å². The lowest BCUT2D eigenvalue weighted by atomic mass is 10.1. The Morgan fingerprint density at radius 2 is 2.15 bits per heavy atom. The van der Waals surface area contributed by atoms with Crippen LogP contribution in [0.3, 0.4) is 0 Å². The smallest absolute Gasteiger partial charge is 0.270 e. The number of hydrogen-bond donors (Lipinski definition) is 1. The zero-order chi connectivity index (χ0) is 14.9. The molecule has 20 heavy (non-hydrogen) atoms. The van der Waals surface area contributed by atoms with E-state index in [9.17, 15) is 4.79 Å². The van der Waals surface area contributed by atoms with Crippen LogP contribution in [-0.4, -0.2) is 25.2 Å². The molecule has 0 saturated carbocycles. The number of hydrogen-bond acceptors (Lipinski definition) is 3. The van der Waals surface area contributed by atoms with E-state index < -0.39 is 0 Å². The van der Waals surface area contributed by atoms with Gasteiger partial charge in [0, 0.05) is 24.8 Å². The molecular weight excluding hydrogens is 254 g/mol. The van der Waals surface area contributed by atoms with Crippen LogP contribution in [0.1, 0.15) is 47.3 Å². The summed E-state index contributed by atoms with van der Waals surface area (Å²) in [6, 6.07) is -0.0855. The van der Waals surface area contributed by atoms with Crippen molar-refractivity contribution in [2.75, 3.05) is 0 Å². The van der Waals surface area contributed by atoms with E-state index in [1.165, 1.54) is 0 Å². The highest BCUT2D eigenvalue weighted by atomic mass is 16.2. The summed E-state index contributed by atoms with van der Waals surface area (Å²) in [5.74, 6) is -0.124. The van der Waals surface area contributed by atoms with Crippen molar-refractivity contribution in [1.29, 1.82) is 0 Å². The van der Waals surface area contributed by atoms with Gasteiger partial charge in [-0.15, -0.1) is 0 Å². The highest BCUT2D eigenvalue weighted by Crippen LogP contribution is 2.21. The van der Waals surface area contributed by atoms with Crippen LogP contribution in [-0.2, 0) is 13.6 Å². The summed E-state index contributed by atoms with van der Waals surface area (Å²) in [4.78, 5) is 16.2. The Labute approximate surface area is 118 Å². The Kier molecular flexibility index (Phi) is 3.92. The predicted molar refractivity (Wildman–Crippen MR) is 76.5 cm³/mol. The van der Waals surface area contributed by atoms with Crippen molar-refractivity contribution in [2.45, 2.75) is 40.3 Å². The van der Waals surface area contributed by atoms with Crippen molar-refractivity contribution < 1.29 is 4.79 Å². The summed E-state index contributed by atoms with van der Waals surface area (Å²) in [7, 11) is 1.80. The third-order valence-electron chi connectivity index (χ3n) is 3.57. The van der Waals surface area contributed by atoms with Crippen molar-refractivity contribution in [1.82, 2.24) is 24.6 Å². The summed E-state index contributed by atoms with van der Waals surface area (Å²) in [6.45, 7) is 8.87. The minimum absolute atomic E-state index is 0.0855. The lowest BCUT2D eigenvalue weighted by molar-refractivity contribution is 0.0931. The Morgan fingerprint density at radius 1 is 1.45 bits per heavy atom. The van der Waals surface area contributed by atoms with Gasteiger partial charge < -0.3 is 9.88 Å². The fourth-order valence-electron chi connectivity index (χ4n) is 2.56. The standard InChI is InChI=1S/C14H21N5O/c1-6-19-11(4)13(10(3)17-19)9(2)16-14(20)12-7-15-8-18(12)5/h7-9H,6H2,1-5H3,(H,16,20)/t9-/m0/s1. The van der Waals surface area contributed by atoms with Crippen LogP contribution in [0.25, 0.3) is 0 Å². The van der Waals surface area contributed by atoms with Crippen LogP contribution in [0, 0.1) is 13.8 Å². The highest BCUT2D eigenvalue weighted by Gasteiger charge is 2.20. The molecule has 6 nitrogen and oxygen atoms in total. The number of nitrogens with zero attached hydrogens (tertiary/aromatic N) is 4. The Bertz CT molecular complexity index is 626. The molecule has 1 N–H and O–H groups in total. The van der Waals surface area contributed by atoms with Gasteiger partial charge in [-0.3, -0.25) is 9.48 Å². The monoisotopic (exact) mass is 275 g/mol. The molecule has 0 fully saturated rings. The van der Waals surface area contributed by atoms with Gasteiger partial charge in [-0.2, -0.15) is 5.10 Å². The summed E-state index contributed by atoms with van der Waals surface area (Å²) < 4.78 is 3.66. The molecule has 0 aromatic carbocycles. The molecule has 0 aliphatic heterocycles. The highest BCUT2D eigenvalue weighted by molar-refractivity contribution is 5.92. The number of carbonyl (C=O) groups is 1. The molecule has 0 aliphatic rings. The number of aromatic nitrogens is 4. The van der Waals surface area contributed by atoms with Crippen molar-refractivity contribution in [3.8, 4) is 0 Å². The number of imidazole rings is 1. The zero-order valence-corrected chi connectivity index (χ0v) is 12.6. The molecule has 1 amide bonds. The molecule has 2 aromatic heterocycles. The van der Waals surface area contributed by atoms with E-state index in [0.717, 1.165) is 23.5 Å². The van der Waals surface area contributed by atoms with Crippen molar-refractivity contribution in [3.05, 3.63) is 35.2 Å². The van der Waals surface area contributed by atoms with Crippen LogP contribution < -0.4 is 5.32 Å². The topological polar surface area (TPSA) is 64.7 Å². The third-order valence-corrected chi connectivity index (χ3v) is 3.57. The molecule has 0 saturated heterocycles. The molecule has 0 bridgehead atoms. The first kappa shape index (κ1) is 14.3. The Morgan fingerprint density at radius 3 is 2.65 bits per heavy atom. The lowest BCUT2D eigenvalue weighted by Gasteiger charge is -2.15. The maximum atomic E-state index is 12.2. The normalized spacial score (nSPS) is 12.4. The number of aryl methyl sites for hydroxylation is 3. The molecule has 0 spiro atoms. The number of amides is 1. The van der Waals surface area contributed by atoms with Crippen LogP contribution in [0.4, 0.5) is 0 Å².